The van der Waals surface area contributed by atoms with Crippen LogP contribution in [0.5, 0.6) is 34.5 Å². The quantitative estimate of drug-likeness (QED) is 0.465. The summed E-state index contributed by atoms with van der Waals surface area (Å²) in [5, 5.41) is 0. The van der Waals surface area contributed by atoms with E-state index in [1.807, 2.05) is 0 Å². The van der Waals surface area contributed by atoms with Crippen molar-refractivity contribution >= 4 is 27.4 Å². The molecule has 182 valence electrons. The molecule has 0 unspecified atom stereocenters. The molecule has 0 N–H and O–H groups in total. The molecule has 2 rings (SSSR count). The highest BCUT2D eigenvalue weighted by atomic mass is 32.2. The topological polar surface area (TPSA) is 119 Å². The number of rotatable bonds is 10. The van der Waals surface area contributed by atoms with Gasteiger partial charge >= 0.3 is 5.97 Å². The van der Waals surface area contributed by atoms with E-state index in [0.29, 0.717) is 5.75 Å². The van der Waals surface area contributed by atoms with Gasteiger partial charge in [-0.1, -0.05) is 0 Å². The van der Waals surface area contributed by atoms with Gasteiger partial charge in [0.2, 0.25) is 15.8 Å². The molecular weight excluding hydrogens is 458 g/mol. The van der Waals surface area contributed by atoms with Crippen molar-refractivity contribution in [3.05, 3.63) is 23.8 Å². The van der Waals surface area contributed by atoms with Gasteiger partial charge in [-0.2, -0.15) is 0 Å². The number of ether oxygens (including phenoxy) is 7. The minimum Gasteiger partial charge on any atom is -0.494 e. The smallest absolute Gasteiger partial charge is 0.340 e. The van der Waals surface area contributed by atoms with Crippen LogP contribution in [0.3, 0.4) is 0 Å². The Labute approximate surface area is 192 Å². The molecule has 12 heteroatoms. The zero-order valence-electron chi connectivity index (χ0n) is 19.7. The van der Waals surface area contributed by atoms with Crippen LogP contribution in [0.1, 0.15) is 10.4 Å². The summed E-state index contributed by atoms with van der Waals surface area (Å²) in [7, 11) is 5.25. The molecule has 0 heterocycles. The molecule has 0 fully saturated rings. The molecule has 11 nitrogen and oxygen atoms in total. The van der Waals surface area contributed by atoms with Gasteiger partial charge in [0.05, 0.1) is 61.6 Å². The molecule has 2 aromatic carbocycles. The number of esters is 1. The van der Waals surface area contributed by atoms with Gasteiger partial charge in [-0.15, -0.1) is 0 Å². The van der Waals surface area contributed by atoms with Crippen molar-refractivity contribution in [3.63, 3.8) is 0 Å². The van der Waals surface area contributed by atoms with Crippen LogP contribution in [0, 0.1) is 0 Å². The number of nitrogens with zero attached hydrogens (tertiary/aromatic N) is 1. The first kappa shape index (κ1) is 25.7. The van der Waals surface area contributed by atoms with E-state index in [4.69, 9.17) is 33.2 Å². The molecule has 0 bridgehead atoms. The van der Waals surface area contributed by atoms with Crippen molar-refractivity contribution in [1.29, 1.82) is 0 Å². The van der Waals surface area contributed by atoms with Crippen molar-refractivity contribution < 1.29 is 46.4 Å². The van der Waals surface area contributed by atoms with E-state index in [-0.39, 0.29) is 45.7 Å². The lowest BCUT2D eigenvalue weighted by atomic mass is 10.1. The first-order valence-corrected chi connectivity index (χ1v) is 11.2. The lowest BCUT2D eigenvalue weighted by Crippen LogP contribution is -2.28. The van der Waals surface area contributed by atoms with E-state index in [2.05, 4.69) is 0 Å². The van der Waals surface area contributed by atoms with Crippen LogP contribution < -0.4 is 32.7 Å². The number of benzene rings is 2. The lowest BCUT2D eigenvalue weighted by Gasteiger charge is -2.29. The number of sulfonamides is 1. The van der Waals surface area contributed by atoms with Crippen LogP contribution in [0.15, 0.2) is 18.2 Å². The lowest BCUT2D eigenvalue weighted by molar-refractivity contribution is 0.0601. The van der Waals surface area contributed by atoms with Crippen molar-refractivity contribution in [2.24, 2.45) is 0 Å². The van der Waals surface area contributed by atoms with Gasteiger partial charge in [-0.05, 0) is 0 Å². The summed E-state index contributed by atoms with van der Waals surface area (Å²) in [4.78, 5) is 12.7. The number of hydrogen-bond donors (Lipinski definition) is 0. The Balaban J connectivity index is 3.12. The summed E-state index contributed by atoms with van der Waals surface area (Å²) in [6.07, 6.45) is 0.959. The molecule has 2 aromatic rings. The molecule has 0 aromatic heterocycles. The van der Waals surface area contributed by atoms with Crippen LogP contribution in [0.25, 0.3) is 0 Å². The zero-order valence-corrected chi connectivity index (χ0v) is 20.5. The van der Waals surface area contributed by atoms with Crippen molar-refractivity contribution in [2.75, 3.05) is 60.3 Å². The average Bonchev–Trinajstić information content (AvgIpc) is 2.81. The van der Waals surface area contributed by atoms with Gasteiger partial charge < -0.3 is 33.2 Å². The predicted octanol–water partition coefficient (Wildman–Crippen LogP) is 2.62. The maximum absolute atomic E-state index is 13.2. The summed E-state index contributed by atoms with van der Waals surface area (Å²) in [6, 6.07) is 4.15. The van der Waals surface area contributed by atoms with Crippen LogP contribution >= 0.6 is 0 Å². The van der Waals surface area contributed by atoms with Crippen molar-refractivity contribution in [1.82, 2.24) is 0 Å². The van der Waals surface area contributed by atoms with E-state index in [1.165, 1.54) is 60.9 Å². The maximum atomic E-state index is 13.2. The molecule has 33 heavy (non-hydrogen) atoms. The minimum absolute atomic E-state index is 0.0216. The monoisotopic (exact) mass is 485 g/mol. The Morgan fingerprint density at radius 1 is 0.697 bits per heavy atom. The SMILES string of the molecule is COC(=O)c1cc(OC)c(OC)c(OC)c1N(c1cc(OC)c(OC)cc1OC)S(C)(=O)=O. The number of carbonyl (C=O) groups excluding carboxylic acids is 1. The van der Waals surface area contributed by atoms with E-state index < -0.39 is 16.0 Å². The van der Waals surface area contributed by atoms with E-state index in [1.54, 1.807) is 0 Å². The third-order valence-corrected chi connectivity index (χ3v) is 5.69. The zero-order chi connectivity index (χ0) is 24.9. The standard InChI is InChI=1S/C21H27NO10S/c1-26-14-11-16(28-3)15(27-2)10-13(14)22(33(8,24)25)18-12(21(23)32-7)9-17(29-4)19(30-5)20(18)31-6/h9-11H,1-8H3. The second-order valence-corrected chi connectivity index (χ2v) is 8.27. The van der Waals surface area contributed by atoms with Crippen LogP contribution in [-0.4, -0.2) is 70.4 Å². The fraction of sp³-hybridized carbons (Fsp3) is 0.381. The van der Waals surface area contributed by atoms with Crippen LogP contribution in [0.2, 0.25) is 0 Å². The molecule has 0 saturated carbocycles. The number of methoxy groups -OCH3 is 7. The molecule has 0 atom stereocenters. The third-order valence-electron chi connectivity index (χ3n) is 4.65. The molecule has 0 spiro atoms. The highest BCUT2D eigenvalue weighted by Gasteiger charge is 2.35. The third kappa shape index (κ3) is 4.80. The maximum Gasteiger partial charge on any atom is 0.340 e. The van der Waals surface area contributed by atoms with Gasteiger partial charge in [0.1, 0.15) is 17.1 Å². The highest BCUT2D eigenvalue weighted by Crippen LogP contribution is 2.52. The number of anilines is 2. The summed E-state index contributed by atoms with van der Waals surface area (Å²) >= 11 is 0. The van der Waals surface area contributed by atoms with Gasteiger partial charge in [0.25, 0.3) is 0 Å². The number of hydrogen-bond acceptors (Lipinski definition) is 10. The van der Waals surface area contributed by atoms with Gasteiger partial charge in [0, 0.05) is 18.2 Å². The summed E-state index contributed by atoms with van der Waals surface area (Å²) in [5.74, 6) is -0.0791. The van der Waals surface area contributed by atoms with Crippen LogP contribution in [0.4, 0.5) is 11.4 Å². The first-order valence-electron chi connectivity index (χ1n) is 9.34. The van der Waals surface area contributed by atoms with Gasteiger partial charge in [0.15, 0.2) is 23.0 Å². The minimum atomic E-state index is -4.12. The van der Waals surface area contributed by atoms with Crippen molar-refractivity contribution in [2.45, 2.75) is 0 Å². The molecule has 0 radical (unpaired) electrons. The highest BCUT2D eigenvalue weighted by molar-refractivity contribution is 7.92. The summed E-state index contributed by atoms with van der Waals surface area (Å²) in [5.41, 5.74) is -0.308. The normalized spacial score (nSPS) is 10.8. The summed E-state index contributed by atoms with van der Waals surface area (Å²) in [6.45, 7) is 0. The Hall–Kier alpha value is -3.54. The predicted molar refractivity (Wildman–Crippen MR) is 121 cm³/mol. The Morgan fingerprint density at radius 3 is 1.64 bits per heavy atom. The molecule has 0 aliphatic rings. The van der Waals surface area contributed by atoms with Crippen molar-refractivity contribution in [3.8, 4) is 34.5 Å². The molecule has 0 amide bonds. The second kappa shape index (κ2) is 10.4. The molecule has 0 aliphatic heterocycles. The Morgan fingerprint density at radius 2 is 1.21 bits per heavy atom. The van der Waals surface area contributed by atoms with Gasteiger partial charge in [-0.3, -0.25) is 0 Å². The fourth-order valence-corrected chi connectivity index (χ4v) is 4.26. The van der Waals surface area contributed by atoms with Crippen LogP contribution in [-0.2, 0) is 14.8 Å². The second-order valence-electron chi connectivity index (χ2n) is 6.44. The molecule has 0 aliphatic carbocycles. The van der Waals surface area contributed by atoms with E-state index in [9.17, 15) is 13.2 Å². The van der Waals surface area contributed by atoms with Gasteiger partial charge in [-0.25, -0.2) is 17.5 Å². The Kier molecular flexibility index (Phi) is 8.09. The number of carbonyl (C=O) groups is 1. The molecule has 0 saturated heterocycles. The summed E-state index contributed by atoms with van der Waals surface area (Å²) < 4.78 is 64.4. The average molecular weight is 486 g/mol. The van der Waals surface area contributed by atoms with E-state index >= 15 is 0 Å². The van der Waals surface area contributed by atoms with E-state index in [0.717, 1.165) is 17.7 Å². The largest absolute Gasteiger partial charge is 0.494 e. The first-order chi connectivity index (χ1) is 15.6. The fourth-order valence-electron chi connectivity index (χ4n) is 3.24. The molecular formula is C21H27NO10S. The Bertz CT molecular complexity index is 1130.